The molecule has 0 unspecified atom stereocenters. The van der Waals surface area contributed by atoms with E-state index in [0.29, 0.717) is 29.1 Å². The first-order valence-electron chi connectivity index (χ1n) is 8.51. The molecule has 0 radical (unpaired) electrons. The lowest BCUT2D eigenvalue weighted by molar-refractivity contribution is -0.130. The van der Waals surface area contributed by atoms with E-state index in [1.807, 2.05) is 0 Å². The van der Waals surface area contributed by atoms with Crippen LogP contribution in [-0.4, -0.2) is 43.5 Å². The number of carbonyl (C=O) groups excluding carboxylic acids is 1. The number of phenols is 1. The molecule has 2 N–H and O–H groups in total. The number of ether oxygens (including phenoxy) is 1. The maximum absolute atomic E-state index is 12.2. The van der Waals surface area contributed by atoms with Crippen LogP contribution in [0.25, 0.3) is 0 Å². The lowest BCUT2D eigenvalue weighted by Gasteiger charge is -2.21. The van der Waals surface area contributed by atoms with Gasteiger partial charge in [0.1, 0.15) is 0 Å². The standard InChI is InChI=1S/C19H21N3O5S/c1-12(23)22-17(13-8-9-18(24)19(10-13)27-2)11-16(20-22)14-6-4-5-7-15(14)21-28(3,25)26/h4-10,17,21,24H,11H2,1-3H3/t17-/m1/s1. The molecule has 0 saturated heterocycles. The van der Waals surface area contributed by atoms with Gasteiger partial charge in [-0.1, -0.05) is 24.3 Å². The Morgan fingerprint density at radius 3 is 2.64 bits per heavy atom. The first kappa shape index (κ1) is 19.7. The third-order valence-electron chi connectivity index (χ3n) is 4.35. The quantitative estimate of drug-likeness (QED) is 0.797. The smallest absolute Gasteiger partial charge is 0.240 e. The fourth-order valence-electron chi connectivity index (χ4n) is 3.15. The number of para-hydroxylation sites is 1. The van der Waals surface area contributed by atoms with Crippen molar-refractivity contribution in [3.05, 3.63) is 53.6 Å². The summed E-state index contributed by atoms with van der Waals surface area (Å²) >= 11 is 0. The topological polar surface area (TPSA) is 108 Å². The fraction of sp³-hybridized carbons (Fsp3) is 0.263. The van der Waals surface area contributed by atoms with Crippen LogP contribution in [0, 0.1) is 0 Å². The minimum absolute atomic E-state index is 0.00228. The number of carbonyl (C=O) groups is 1. The summed E-state index contributed by atoms with van der Waals surface area (Å²) in [6.07, 6.45) is 1.46. The second-order valence-electron chi connectivity index (χ2n) is 6.48. The predicted molar refractivity (Wildman–Crippen MR) is 106 cm³/mol. The van der Waals surface area contributed by atoms with Gasteiger partial charge in [0.05, 0.1) is 30.8 Å². The predicted octanol–water partition coefficient (Wildman–Crippen LogP) is 2.47. The average molecular weight is 403 g/mol. The van der Waals surface area contributed by atoms with Crippen LogP contribution in [0.5, 0.6) is 11.5 Å². The molecule has 8 nitrogen and oxygen atoms in total. The Morgan fingerprint density at radius 2 is 2.00 bits per heavy atom. The van der Waals surface area contributed by atoms with Gasteiger partial charge in [-0.15, -0.1) is 0 Å². The molecule has 0 saturated carbocycles. The van der Waals surface area contributed by atoms with E-state index in [1.54, 1.807) is 36.4 Å². The number of phenolic OH excluding ortho intramolecular Hbond substituents is 1. The lowest BCUT2D eigenvalue weighted by atomic mass is 9.97. The Morgan fingerprint density at radius 1 is 1.29 bits per heavy atom. The van der Waals surface area contributed by atoms with Crippen LogP contribution >= 0.6 is 0 Å². The molecule has 2 aromatic rings. The highest BCUT2D eigenvalue weighted by atomic mass is 32.2. The molecule has 0 spiro atoms. The number of hydrogen-bond donors (Lipinski definition) is 2. The third kappa shape index (κ3) is 4.09. The Balaban J connectivity index is 2.00. The van der Waals surface area contributed by atoms with Crippen molar-refractivity contribution in [1.29, 1.82) is 0 Å². The number of anilines is 1. The summed E-state index contributed by atoms with van der Waals surface area (Å²) in [4.78, 5) is 12.2. The zero-order chi connectivity index (χ0) is 20.5. The van der Waals surface area contributed by atoms with E-state index < -0.39 is 16.1 Å². The molecule has 0 fully saturated rings. The van der Waals surface area contributed by atoms with Crippen molar-refractivity contribution in [2.75, 3.05) is 18.1 Å². The van der Waals surface area contributed by atoms with Gasteiger partial charge in [0, 0.05) is 18.9 Å². The summed E-state index contributed by atoms with van der Waals surface area (Å²) in [5, 5.41) is 15.6. The monoisotopic (exact) mass is 403 g/mol. The molecule has 1 atom stereocenters. The normalized spacial score (nSPS) is 16.6. The van der Waals surface area contributed by atoms with Crippen LogP contribution in [0.3, 0.4) is 0 Å². The number of rotatable bonds is 5. The van der Waals surface area contributed by atoms with Gasteiger partial charge >= 0.3 is 0 Å². The van der Waals surface area contributed by atoms with Crippen LogP contribution in [0.4, 0.5) is 5.69 Å². The number of benzene rings is 2. The molecular weight excluding hydrogens is 382 g/mol. The van der Waals surface area contributed by atoms with Crippen molar-refractivity contribution in [3.63, 3.8) is 0 Å². The number of nitrogens with one attached hydrogen (secondary N) is 1. The Kier molecular flexibility index (Phi) is 5.28. The number of hydrogen-bond acceptors (Lipinski definition) is 6. The molecule has 0 aliphatic carbocycles. The maximum Gasteiger partial charge on any atom is 0.240 e. The zero-order valence-electron chi connectivity index (χ0n) is 15.7. The van der Waals surface area contributed by atoms with Gasteiger partial charge < -0.3 is 9.84 Å². The highest BCUT2D eigenvalue weighted by Crippen LogP contribution is 2.37. The Bertz CT molecular complexity index is 1050. The summed E-state index contributed by atoms with van der Waals surface area (Å²) in [6.45, 7) is 1.41. The Hall–Kier alpha value is -3.07. The van der Waals surface area contributed by atoms with E-state index >= 15 is 0 Å². The summed E-state index contributed by atoms with van der Waals surface area (Å²) in [6, 6.07) is 11.4. The number of aromatic hydroxyl groups is 1. The molecule has 1 aliphatic heterocycles. The molecule has 28 heavy (non-hydrogen) atoms. The lowest BCUT2D eigenvalue weighted by Crippen LogP contribution is -2.24. The van der Waals surface area contributed by atoms with Crippen molar-refractivity contribution in [2.24, 2.45) is 5.10 Å². The summed E-state index contributed by atoms with van der Waals surface area (Å²) < 4.78 is 31.0. The van der Waals surface area contributed by atoms with E-state index in [4.69, 9.17) is 4.74 Å². The summed E-state index contributed by atoms with van der Waals surface area (Å²) in [5.41, 5.74) is 2.33. The number of methoxy groups -OCH3 is 1. The second kappa shape index (κ2) is 7.51. The van der Waals surface area contributed by atoms with Crippen molar-refractivity contribution < 1.29 is 23.1 Å². The minimum Gasteiger partial charge on any atom is -0.504 e. The van der Waals surface area contributed by atoms with Gasteiger partial charge in [-0.05, 0) is 23.8 Å². The van der Waals surface area contributed by atoms with Gasteiger partial charge in [0.25, 0.3) is 0 Å². The van der Waals surface area contributed by atoms with Crippen LogP contribution in [0.1, 0.15) is 30.5 Å². The number of hydrazone groups is 1. The number of amides is 1. The van der Waals surface area contributed by atoms with Gasteiger partial charge in [0.15, 0.2) is 11.5 Å². The second-order valence-corrected chi connectivity index (χ2v) is 8.23. The highest BCUT2D eigenvalue weighted by Gasteiger charge is 2.32. The fourth-order valence-corrected chi connectivity index (χ4v) is 3.73. The van der Waals surface area contributed by atoms with Crippen LogP contribution in [0.2, 0.25) is 0 Å². The van der Waals surface area contributed by atoms with Crippen molar-refractivity contribution >= 4 is 27.3 Å². The summed E-state index contributed by atoms with van der Waals surface area (Å²) in [7, 11) is -2.02. The van der Waals surface area contributed by atoms with E-state index in [1.165, 1.54) is 25.1 Å². The Labute approximate surface area is 163 Å². The molecule has 0 aromatic heterocycles. The van der Waals surface area contributed by atoms with Crippen molar-refractivity contribution in [3.8, 4) is 11.5 Å². The van der Waals surface area contributed by atoms with E-state index in [0.717, 1.165) is 11.8 Å². The van der Waals surface area contributed by atoms with E-state index in [9.17, 15) is 18.3 Å². The zero-order valence-corrected chi connectivity index (χ0v) is 16.5. The van der Waals surface area contributed by atoms with E-state index in [-0.39, 0.29) is 11.7 Å². The average Bonchev–Trinajstić information content (AvgIpc) is 3.07. The van der Waals surface area contributed by atoms with Gasteiger partial charge in [0.2, 0.25) is 15.9 Å². The molecule has 3 rings (SSSR count). The number of sulfonamides is 1. The van der Waals surface area contributed by atoms with Crippen LogP contribution in [0.15, 0.2) is 47.6 Å². The molecule has 1 heterocycles. The molecule has 1 amide bonds. The molecule has 0 bridgehead atoms. The molecule has 148 valence electrons. The van der Waals surface area contributed by atoms with E-state index in [2.05, 4.69) is 9.82 Å². The maximum atomic E-state index is 12.2. The molecule has 2 aromatic carbocycles. The summed E-state index contributed by atoms with van der Waals surface area (Å²) in [5.74, 6) is 0.0525. The highest BCUT2D eigenvalue weighted by molar-refractivity contribution is 7.92. The molecule has 1 aliphatic rings. The van der Waals surface area contributed by atoms with Crippen LogP contribution < -0.4 is 9.46 Å². The molecular formula is C19H21N3O5S. The van der Waals surface area contributed by atoms with Gasteiger partial charge in [-0.25, -0.2) is 13.4 Å². The van der Waals surface area contributed by atoms with Crippen molar-refractivity contribution in [2.45, 2.75) is 19.4 Å². The minimum atomic E-state index is -3.47. The van der Waals surface area contributed by atoms with Crippen molar-refractivity contribution in [1.82, 2.24) is 5.01 Å². The van der Waals surface area contributed by atoms with Crippen LogP contribution in [-0.2, 0) is 14.8 Å². The van der Waals surface area contributed by atoms with Gasteiger partial charge in [-0.3, -0.25) is 9.52 Å². The first-order valence-corrected chi connectivity index (χ1v) is 10.4. The SMILES string of the molecule is COc1cc([C@H]2CC(c3ccccc3NS(C)(=O)=O)=NN2C(C)=O)ccc1O. The molecule has 9 heteroatoms. The number of nitrogens with zero attached hydrogens (tertiary/aromatic N) is 2. The third-order valence-corrected chi connectivity index (χ3v) is 4.95. The largest absolute Gasteiger partial charge is 0.504 e. The van der Waals surface area contributed by atoms with Gasteiger partial charge in [-0.2, -0.15) is 5.10 Å². The first-order chi connectivity index (χ1) is 13.2.